The van der Waals surface area contributed by atoms with Crippen LogP contribution in [0.2, 0.25) is 0 Å². The van der Waals surface area contributed by atoms with Gasteiger partial charge in [-0.1, -0.05) is 0 Å². The van der Waals surface area contributed by atoms with E-state index < -0.39 is 16.0 Å². The first-order valence-corrected chi connectivity index (χ1v) is 7.83. The van der Waals surface area contributed by atoms with Crippen LogP contribution in [0.15, 0.2) is 29.4 Å². The third-order valence-electron chi connectivity index (χ3n) is 2.37. The third kappa shape index (κ3) is 3.32. The van der Waals surface area contributed by atoms with Crippen molar-refractivity contribution in [2.24, 2.45) is 0 Å². The van der Waals surface area contributed by atoms with Crippen molar-refractivity contribution in [2.45, 2.75) is 11.4 Å². The Bertz CT molecular complexity index is 730. The lowest BCUT2D eigenvalue weighted by Crippen LogP contribution is -2.24. The molecule has 0 fully saturated rings. The quantitative estimate of drug-likeness (QED) is 0.622. The molecule has 0 radical (unpaired) electrons. The van der Waals surface area contributed by atoms with Gasteiger partial charge in [-0.2, -0.15) is 5.10 Å². The highest BCUT2D eigenvalue weighted by Crippen LogP contribution is 2.18. The van der Waals surface area contributed by atoms with Crippen LogP contribution in [-0.2, 0) is 16.6 Å². The average molecular weight is 408 g/mol. The molecule has 1 heterocycles. The second-order valence-electron chi connectivity index (χ2n) is 3.70. The average Bonchev–Trinajstić information content (AvgIpc) is 2.89. The molecule has 8 nitrogen and oxygen atoms in total. The number of aromatic nitrogens is 3. The van der Waals surface area contributed by atoms with Crippen molar-refractivity contribution in [1.82, 2.24) is 19.9 Å². The van der Waals surface area contributed by atoms with Crippen LogP contribution in [0.1, 0.15) is 16.2 Å². The molecule has 0 atom stereocenters. The number of H-pyrrole nitrogens is 1. The molecule has 0 aliphatic rings. The van der Waals surface area contributed by atoms with E-state index in [-0.39, 0.29) is 17.0 Å². The van der Waals surface area contributed by atoms with Gasteiger partial charge in [-0.25, -0.2) is 22.9 Å². The predicted octanol–water partition coefficient (Wildman–Crippen LogP) is 0.586. The predicted molar refractivity (Wildman–Crippen MR) is 76.5 cm³/mol. The van der Waals surface area contributed by atoms with E-state index in [0.29, 0.717) is 9.39 Å². The molecule has 0 aliphatic heterocycles. The van der Waals surface area contributed by atoms with E-state index in [1.165, 1.54) is 18.5 Å². The van der Waals surface area contributed by atoms with E-state index in [4.69, 9.17) is 5.11 Å². The number of carbonyl (C=O) groups is 1. The molecule has 20 heavy (non-hydrogen) atoms. The van der Waals surface area contributed by atoms with Crippen LogP contribution in [-0.4, -0.2) is 34.7 Å². The SMILES string of the molecule is O=C(O)c1cc(S(=O)(=O)NCc2ncn[nH]2)ccc1I. The van der Waals surface area contributed by atoms with E-state index in [1.54, 1.807) is 0 Å². The van der Waals surface area contributed by atoms with Gasteiger partial charge in [0.2, 0.25) is 10.0 Å². The summed E-state index contributed by atoms with van der Waals surface area (Å²) in [4.78, 5) is 14.7. The van der Waals surface area contributed by atoms with Gasteiger partial charge in [0.05, 0.1) is 17.0 Å². The molecule has 106 valence electrons. The first-order chi connectivity index (χ1) is 9.40. The molecule has 10 heteroatoms. The first-order valence-electron chi connectivity index (χ1n) is 5.27. The molecule has 2 aromatic rings. The zero-order valence-corrected chi connectivity index (χ0v) is 12.8. The van der Waals surface area contributed by atoms with Gasteiger partial charge >= 0.3 is 5.97 Å². The number of hydrogen-bond acceptors (Lipinski definition) is 5. The van der Waals surface area contributed by atoms with Crippen molar-refractivity contribution >= 4 is 38.6 Å². The van der Waals surface area contributed by atoms with E-state index in [0.717, 1.165) is 6.07 Å². The largest absolute Gasteiger partial charge is 0.478 e. The first kappa shape index (κ1) is 14.9. The number of halogens is 1. The number of sulfonamides is 1. The van der Waals surface area contributed by atoms with Crippen LogP contribution in [0, 0.1) is 3.57 Å². The van der Waals surface area contributed by atoms with Crippen molar-refractivity contribution in [1.29, 1.82) is 0 Å². The number of nitrogens with zero attached hydrogens (tertiary/aromatic N) is 2. The molecule has 1 aromatic carbocycles. The number of hydrogen-bond donors (Lipinski definition) is 3. The number of carboxylic acids is 1. The molecule has 1 aromatic heterocycles. The summed E-state index contributed by atoms with van der Waals surface area (Å²) in [6, 6.07) is 3.90. The summed E-state index contributed by atoms with van der Waals surface area (Å²) in [5.41, 5.74) is -0.0619. The summed E-state index contributed by atoms with van der Waals surface area (Å²) >= 11 is 1.83. The number of nitrogens with one attached hydrogen (secondary N) is 2. The highest BCUT2D eigenvalue weighted by molar-refractivity contribution is 14.1. The number of aromatic carboxylic acids is 1. The molecule has 0 aliphatic carbocycles. The number of benzene rings is 1. The standard InChI is InChI=1S/C10H9IN4O4S/c11-8-2-1-6(3-7(8)10(16)17)20(18,19)14-4-9-12-5-13-15-9/h1-3,5,14H,4H2,(H,16,17)(H,12,13,15). The van der Waals surface area contributed by atoms with Crippen LogP contribution in [0.25, 0.3) is 0 Å². The fourth-order valence-corrected chi connectivity index (χ4v) is 2.98. The summed E-state index contributed by atoms with van der Waals surface area (Å²) in [6.45, 7) is -0.0588. The summed E-state index contributed by atoms with van der Waals surface area (Å²) in [7, 11) is -3.81. The van der Waals surface area contributed by atoms with Crippen LogP contribution < -0.4 is 4.72 Å². The summed E-state index contributed by atoms with van der Waals surface area (Å²) in [6.07, 6.45) is 1.26. The minimum absolute atomic E-state index is 0.0588. The fraction of sp³-hybridized carbons (Fsp3) is 0.100. The molecule has 0 unspecified atom stereocenters. The lowest BCUT2D eigenvalue weighted by atomic mass is 10.2. The van der Waals surface area contributed by atoms with Crippen molar-refractivity contribution in [3.63, 3.8) is 0 Å². The monoisotopic (exact) mass is 408 g/mol. The summed E-state index contributed by atoms with van der Waals surface area (Å²) in [5.74, 6) is -0.820. The van der Waals surface area contributed by atoms with Gasteiger partial charge in [-0.15, -0.1) is 0 Å². The van der Waals surface area contributed by atoms with Gasteiger partial charge in [0.15, 0.2) is 0 Å². The lowest BCUT2D eigenvalue weighted by molar-refractivity contribution is 0.0695. The summed E-state index contributed by atoms with van der Waals surface area (Å²) in [5, 5.41) is 15.1. The van der Waals surface area contributed by atoms with Gasteiger partial charge in [0.25, 0.3) is 0 Å². The maximum atomic E-state index is 12.0. The molecule has 2 rings (SSSR count). The molecular formula is C10H9IN4O4S. The molecular weight excluding hydrogens is 399 g/mol. The molecule has 0 saturated heterocycles. The maximum absolute atomic E-state index is 12.0. The van der Waals surface area contributed by atoms with Gasteiger partial charge < -0.3 is 5.11 Å². The molecule has 0 bridgehead atoms. The Balaban J connectivity index is 2.25. The van der Waals surface area contributed by atoms with Crippen molar-refractivity contribution in [3.8, 4) is 0 Å². The number of rotatable bonds is 5. The second kappa shape index (κ2) is 5.85. The Labute approximate surface area is 127 Å². The van der Waals surface area contributed by atoms with Crippen molar-refractivity contribution in [2.75, 3.05) is 0 Å². The Kier molecular flexibility index (Phi) is 4.35. The normalized spacial score (nSPS) is 11.4. The Morgan fingerprint density at radius 3 is 2.80 bits per heavy atom. The Morgan fingerprint density at radius 1 is 1.45 bits per heavy atom. The maximum Gasteiger partial charge on any atom is 0.336 e. The third-order valence-corrected chi connectivity index (χ3v) is 4.71. The van der Waals surface area contributed by atoms with Gasteiger partial charge in [0.1, 0.15) is 12.2 Å². The zero-order valence-electron chi connectivity index (χ0n) is 9.87. The lowest BCUT2D eigenvalue weighted by Gasteiger charge is -2.07. The van der Waals surface area contributed by atoms with E-state index in [2.05, 4.69) is 19.9 Å². The van der Waals surface area contributed by atoms with Gasteiger partial charge in [-0.05, 0) is 40.8 Å². The topological polar surface area (TPSA) is 125 Å². The molecule has 0 amide bonds. The highest BCUT2D eigenvalue weighted by atomic mass is 127. The summed E-state index contributed by atoms with van der Waals surface area (Å²) < 4.78 is 26.9. The molecule has 0 spiro atoms. The van der Waals surface area contributed by atoms with E-state index in [1.807, 2.05) is 22.6 Å². The van der Waals surface area contributed by atoms with Crippen LogP contribution in [0.3, 0.4) is 0 Å². The number of aromatic amines is 1. The van der Waals surface area contributed by atoms with Crippen LogP contribution >= 0.6 is 22.6 Å². The minimum atomic E-state index is -3.81. The Hall–Kier alpha value is -1.53. The Morgan fingerprint density at radius 2 is 2.20 bits per heavy atom. The molecule has 3 N–H and O–H groups in total. The number of carboxylic acid groups (broad SMARTS) is 1. The molecule has 0 saturated carbocycles. The van der Waals surface area contributed by atoms with Crippen LogP contribution in [0.4, 0.5) is 0 Å². The van der Waals surface area contributed by atoms with Crippen LogP contribution in [0.5, 0.6) is 0 Å². The van der Waals surface area contributed by atoms with E-state index >= 15 is 0 Å². The van der Waals surface area contributed by atoms with Crippen molar-refractivity contribution < 1.29 is 18.3 Å². The van der Waals surface area contributed by atoms with E-state index in [9.17, 15) is 13.2 Å². The van der Waals surface area contributed by atoms with Gasteiger partial charge in [0, 0.05) is 3.57 Å². The highest BCUT2D eigenvalue weighted by Gasteiger charge is 2.18. The minimum Gasteiger partial charge on any atom is -0.478 e. The zero-order chi connectivity index (χ0) is 14.8. The van der Waals surface area contributed by atoms with Gasteiger partial charge in [-0.3, -0.25) is 5.10 Å². The smallest absolute Gasteiger partial charge is 0.336 e. The second-order valence-corrected chi connectivity index (χ2v) is 6.63. The van der Waals surface area contributed by atoms with Crippen molar-refractivity contribution in [3.05, 3.63) is 39.5 Å². The fourth-order valence-electron chi connectivity index (χ4n) is 1.40.